The van der Waals surface area contributed by atoms with Gasteiger partial charge in [0, 0.05) is 12.5 Å². The van der Waals surface area contributed by atoms with E-state index in [2.05, 4.69) is 20.9 Å². The second-order valence-corrected chi connectivity index (χ2v) is 6.16. The minimum absolute atomic E-state index is 0.134. The summed E-state index contributed by atoms with van der Waals surface area (Å²) in [7, 11) is 1.56. The number of aliphatic imine (C=N–C) groups is 1. The number of methoxy groups -OCH3 is 1. The molecule has 1 fully saturated rings. The number of carbonyl (C=O) groups is 2. The van der Waals surface area contributed by atoms with Gasteiger partial charge in [-0.1, -0.05) is 12.1 Å². The summed E-state index contributed by atoms with van der Waals surface area (Å²) in [6.07, 6.45) is -0.0540. The second kappa shape index (κ2) is 9.77. The number of esters is 1. The lowest BCUT2D eigenvalue weighted by molar-refractivity contribution is -0.143. The quantitative estimate of drug-likeness (QED) is 0.314. The van der Waals surface area contributed by atoms with Crippen LogP contribution in [-0.4, -0.2) is 43.9 Å². The number of hydrogen-bond donors (Lipinski definition) is 4. The van der Waals surface area contributed by atoms with Crippen LogP contribution >= 0.6 is 0 Å². The molecule has 2 rings (SSSR count). The number of benzene rings is 1. The van der Waals surface area contributed by atoms with Crippen molar-refractivity contribution in [2.45, 2.75) is 39.0 Å². The van der Waals surface area contributed by atoms with E-state index in [1.807, 2.05) is 25.1 Å². The highest BCUT2D eigenvalue weighted by Gasteiger charge is 2.33. The molecule has 0 radical (unpaired) electrons. The van der Waals surface area contributed by atoms with Crippen LogP contribution in [-0.2, 0) is 14.3 Å². The van der Waals surface area contributed by atoms with Gasteiger partial charge in [-0.25, -0.2) is 4.99 Å². The van der Waals surface area contributed by atoms with Crippen LogP contribution in [0.3, 0.4) is 0 Å². The molecule has 0 aromatic heterocycles. The van der Waals surface area contributed by atoms with Crippen LogP contribution in [0.2, 0.25) is 0 Å². The lowest BCUT2D eigenvalue weighted by Gasteiger charge is -2.33. The highest BCUT2D eigenvalue weighted by atomic mass is 16.5. The van der Waals surface area contributed by atoms with Crippen LogP contribution in [0.5, 0.6) is 5.75 Å². The number of nitrogens with two attached hydrogens (primary N) is 1. The van der Waals surface area contributed by atoms with E-state index >= 15 is 0 Å². The molecule has 3 atom stereocenters. The monoisotopic (exact) mass is 377 g/mol. The standard InChI is InChI=1S/C18H27N5O4/c1-4-27-15(24)10-9-12-11(2)20-18(22-16(12)25)23-17(19)21-13-7-5-6-8-14(13)26-3/h5-8,11-12,18,20H,4,9-10H2,1-3H3,(H,22,25)(H3,19,21,23). The van der Waals surface area contributed by atoms with Crippen molar-refractivity contribution < 1.29 is 19.1 Å². The van der Waals surface area contributed by atoms with Gasteiger partial charge in [-0.05, 0) is 32.4 Å². The molecule has 27 heavy (non-hydrogen) atoms. The van der Waals surface area contributed by atoms with Gasteiger partial charge in [-0.3, -0.25) is 14.9 Å². The number of nitrogens with zero attached hydrogens (tertiary/aromatic N) is 1. The van der Waals surface area contributed by atoms with Crippen molar-refractivity contribution in [1.82, 2.24) is 10.6 Å². The summed E-state index contributed by atoms with van der Waals surface area (Å²) in [5, 5.41) is 8.89. The molecule has 148 valence electrons. The lowest BCUT2D eigenvalue weighted by Crippen LogP contribution is -2.60. The van der Waals surface area contributed by atoms with Gasteiger partial charge in [0.05, 0.1) is 25.3 Å². The smallest absolute Gasteiger partial charge is 0.305 e. The van der Waals surface area contributed by atoms with Gasteiger partial charge in [-0.2, -0.15) is 0 Å². The molecular weight excluding hydrogens is 350 g/mol. The van der Waals surface area contributed by atoms with Gasteiger partial charge in [0.25, 0.3) is 0 Å². The number of nitrogens with one attached hydrogen (secondary N) is 3. The largest absolute Gasteiger partial charge is 0.495 e. The minimum Gasteiger partial charge on any atom is -0.495 e. The predicted octanol–water partition coefficient (Wildman–Crippen LogP) is 0.773. The van der Waals surface area contributed by atoms with Crippen LogP contribution in [0.25, 0.3) is 0 Å². The maximum atomic E-state index is 12.4. The highest BCUT2D eigenvalue weighted by Crippen LogP contribution is 2.22. The molecule has 1 saturated heterocycles. The number of para-hydroxylation sites is 2. The van der Waals surface area contributed by atoms with Gasteiger partial charge in [0.2, 0.25) is 5.91 Å². The summed E-state index contributed by atoms with van der Waals surface area (Å²) >= 11 is 0. The van der Waals surface area contributed by atoms with E-state index in [0.29, 0.717) is 24.5 Å². The highest BCUT2D eigenvalue weighted by molar-refractivity contribution is 5.94. The first-order valence-corrected chi connectivity index (χ1v) is 8.90. The van der Waals surface area contributed by atoms with Gasteiger partial charge in [0.15, 0.2) is 12.2 Å². The van der Waals surface area contributed by atoms with Gasteiger partial charge >= 0.3 is 5.97 Å². The third-order valence-corrected chi connectivity index (χ3v) is 4.24. The zero-order valence-electron chi connectivity index (χ0n) is 15.8. The van der Waals surface area contributed by atoms with Crippen LogP contribution in [0.15, 0.2) is 29.3 Å². The molecule has 1 aromatic rings. The number of hydrogen-bond acceptors (Lipinski definition) is 6. The Bertz CT molecular complexity index is 694. The van der Waals surface area contributed by atoms with E-state index in [1.165, 1.54) is 0 Å². The average molecular weight is 377 g/mol. The first kappa shape index (κ1) is 20.5. The molecule has 0 bridgehead atoms. The Morgan fingerprint density at radius 1 is 1.37 bits per heavy atom. The molecule has 3 unspecified atom stereocenters. The van der Waals surface area contributed by atoms with E-state index in [1.54, 1.807) is 20.1 Å². The number of rotatable bonds is 7. The Kier molecular flexibility index (Phi) is 7.42. The number of anilines is 1. The molecule has 0 saturated carbocycles. The molecule has 1 aliphatic heterocycles. The van der Waals surface area contributed by atoms with Crippen molar-refractivity contribution in [2.75, 3.05) is 19.0 Å². The molecule has 1 amide bonds. The number of amides is 1. The molecule has 1 aliphatic rings. The topological polar surface area (TPSA) is 127 Å². The summed E-state index contributed by atoms with van der Waals surface area (Å²) in [6, 6.07) is 7.13. The Labute approximate surface area is 158 Å². The zero-order chi connectivity index (χ0) is 19.8. The number of ether oxygens (including phenoxy) is 2. The predicted molar refractivity (Wildman–Crippen MR) is 102 cm³/mol. The summed E-state index contributed by atoms with van der Waals surface area (Å²) < 4.78 is 10.2. The molecule has 9 nitrogen and oxygen atoms in total. The molecule has 1 aromatic carbocycles. The summed E-state index contributed by atoms with van der Waals surface area (Å²) in [6.45, 7) is 3.96. The van der Waals surface area contributed by atoms with E-state index in [-0.39, 0.29) is 36.2 Å². The van der Waals surface area contributed by atoms with Crippen molar-refractivity contribution in [2.24, 2.45) is 16.6 Å². The SMILES string of the molecule is CCOC(=O)CCC1C(=O)NC(/N=C(\N)Nc2ccccc2OC)NC1C. The zero-order valence-corrected chi connectivity index (χ0v) is 15.8. The van der Waals surface area contributed by atoms with E-state index in [0.717, 1.165) is 0 Å². The van der Waals surface area contributed by atoms with E-state index in [4.69, 9.17) is 15.2 Å². The fraction of sp³-hybridized carbons (Fsp3) is 0.500. The average Bonchev–Trinajstić information content (AvgIpc) is 2.61. The molecule has 5 N–H and O–H groups in total. The molecule has 0 spiro atoms. The number of carbonyl (C=O) groups excluding carboxylic acids is 2. The van der Waals surface area contributed by atoms with E-state index < -0.39 is 6.29 Å². The third-order valence-electron chi connectivity index (χ3n) is 4.24. The Morgan fingerprint density at radius 3 is 2.78 bits per heavy atom. The van der Waals surface area contributed by atoms with Crippen molar-refractivity contribution in [3.05, 3.63) is 24.3 Å². The summed E-state index contributed by atoms with van der Waals surface area (Å²) in [4.78, 5) is 28.1. The Hall–Kier alpha value is -2.81. The molecule has 9 heteroatoms. The molecule has 1 heterocycles. The van der Waals surface area contributed by atoms with Crippen molar-refractivity contribution in [3.63, 3.8) is 0 Å². The van der Waals surface area contributed by atoms with Crippen LogP contribution in [0.1, 0.15) is 26.7 Å². The number of guanidine groups is 1. The van der Waals surface area contributed by atoms with Crippen molar-refractivity contribution in [3.8, 4) is 5.75 Å². The minimum atomic E-state index is -0.659. The summed E-state index contributed by atoms with van der Waals surface area (Å²) in [5.41, 5.74) is 6.62. The fourth-order valence-corrected chi connectivity index (χ4v) is 2.89. The van der Waals surface area contributed by atoms with E-state index in [9.17, 15) is 9.59 Å². The van der Waals surface area contributed by atoms with Gasteiger partial charge in [-0.15, -0.1) is 0 Å². The van der Waals surface area contributed by atoms with Crippen LogP contribution in [0.4, 0.5) is 5.69 Å². The molecular formula is C18H27N5O4. The van der Waals surface area contributed by atoms with Crippen molar-refractivity contribution >= 4 is 23.5 Å². The fourth-order valence-electron chi connectivity index (χ4n) is 2.89. The maximum Gasteiger partial charge on any atom is 0.305 e. The van der Waals surface area contributed by atoms with Crippen molar-refractivity contribution in [1.29, 1.82) is 0 Å². The first-order chi connectivity index (χ1) is 12.9. The Morgan fingerprint density at radius 2 is 2.11 bits per heavy atom. The van der Waals surface area contributed by atoms with Crippen LogP contribution in [0, 0.1) is 5.92 Å². The van der Waals surface area contributed by atoms with Crippen LogP contribution < -0.4 is 26.4 Å². The third kappa shape index (κ3) is 5.85. The van der Waals surface area contributed by atoms with Gasteiger partial charge in [0.1, 0.15) is 5.75 Å². The normalized spacial score (nSPS) is 22.7. The molecule has 0 aliphatic carbocycles. The van der Waals surface area contributed by atoms with Gasteiger partial charge < -0.3 is 25.8 Å². The Balaban J connectivity index is 1.94. The first-order valence-electron chi connectivity index (χ1n) is 8.90. The summed E-state index contributed by atoms with van der Waals surface area (Å²) in [5.74, 6) is -0.0605. The lowest BCUT2D eigenvalue weighted by atomic mass is 9.93. The maximum absolute atomic E-state index is 12.4. The second-order valence-electron chi connectivity index (χ2n) is 6.16.